The molecule has 2 aromatic carbocycles. The zero-order valence-corrected chi connectivity index (χ0v) is 16.7. The molecule has 0 radical (unpaired) electrons. The molecular formula is C22H25N3O3. The molecule has 6 heteroatoms. The Morgan fingerprint density at radius 3 is 2.71 bits per heavy atom. The van der Waals surface area contributed by atoms with Gasteiger partial charge in [-0.25, -0.2) is 0 Å². The van der Waals surface area contributed by atoms with Gasteiger partial charge in [0.05, 0.1) is 13.7 Å². The van der Waals surface area contributed by atoms with Crippen molar-refractivity contribution < 1.29 is 14.1 Å². The van der Waals surface area contributed by atoms with E-state index in [4.69, 9.17) is 9.26 Å². The summed E-state index contributed by atoms with van der Waals surface area (Å²) >= 11 is 0. The summed E-state index contributed by atoms with van der Waals surface area (Å²) in [6, 6.07) is 13.8. The maximum atomic E-state index is 12.5. The first-order valence-corrected chi connectivity index (χ1v) is 9.23. The SMILES string of the molecule is COc1cccc(-c2noc(CN(C)C(=O)CCc3ccc(C)c(C)c3)n2)c1. The number of aryl methyl sites for hydroxylation is 3. The Morgan fingerprint density at radius 1 is 1.14 bits per heavy atom. The fraction of sp³-hybridized carbons (Fsp3) is 0.318. The Hall–Kier alpha value is -3.15. The van der Waals surface area contributed by atoms with Crippen molar-refractivity contribution in [2.45, 2.75) is 33.2 Å². The van der Waals surface area contributed by atoms with Crippen LogP contribution in [0.1, 0.15) is 29.0 Å². The number of rotatable bonds is 7. The van der Waals surface area contributed by atoms with Crippen molar-refractivity contribution in [1.29, 1.82) is 0 Å². The van der Waals surface area contributed by atoms with E-state index in [0.29, 0.717) is 24.6 Å². The third-order valence-electron chi connectivity index (χ3n) is 4.79. The molecule has 0 atom stereocenters. The van der Waals surface area contributed by atoms with Crippen molar-refractivity contribution in [2.75, 3.05) is 14.2 Å². The van der Waals surface area contributed by atoms with E-state index in [9.17, 15) is 4.79 Å². The second-order valence-corrected chi connectivity index (χ2v) is 6.91. The lowest BCUT2D eigenvalue weighted by molar-refractivity contribution is -0.130. The fourth-order valence-corrected chi connectivity index (χ4v) is 2.89. The zero-order chi connectivity index (χ0) is 20.1. The normalized spacial score (nSPS) is 10.7. The third kappa shape index (κ3) is 4.76. The number of hydrogen-bond donors (Lipinski definition) is 0. The van der Waals surface area contributed by atoms with Crippen molar-refractivity contribution in [3.8, 4) is 17.1 Å². The Bertz CT molecular complexity index is 965. The van der Waals surface area contributed by atoms with Crippen molar-refractivity contribution in [1.82, 2.24) is 15.0 Å². The lowest BCUT2D eigenvalue weighted by Crippen LogP contribution is -2.26. The quantitative estimate of drug-likeness (QED) is 0.622. The van der Waals surface area contributed by atoms with Crippen molar-refractivity contribution >= 4 is 5.91 Å². The number of aromatic nitrogens is 2. The molecule has 0 unspecified atom stereocenters. The van der Waals surface area contributed by atoms with Gasteiger partial charge in [0.25, 0.3) is 0 Å². The Labute approximate surface area is 165 Å². The topological polar surface area (TPSA) is 68.5 Å². The number of benzene rings is 2. The fourth-order valence-electron chi connectivity index (χ4n) is 2.89. The number of methoxy groups -OCH3 is 1. The summed E-state index contributed by atoms with van der Waals surface area (Å²) in [4.78, 5) is 18.5. The van der Waals surface area contributed by atoms with E-state index >= 15 is 0 Å². The lowest BCUT2D eigenvalue weighted by Gasteiger charge is -2.14. The van der Waals surface area contributed by atoms with Gasteiger partial charge >= 0.3 is 0 Å². The summed E-state index contributed by atoms with van der Waals surface area (Å²) in [7, 11) is 3.36. The summed E-state index contributed by atoms with van der Waals surface area (Å²) in [5, 5.41) is 4.01. The Kier molecular flexibility index (Phi) is 6.09. The van der Waals surface area contributed by atoms with Gasteiger partial charge in [0, 0.05) is 19.0 Å². The largest absolute Gasteiger partial charge is 0.497 e. The van der Waals surface area contributed by atoms with Gasteiger partial charge in [0.1, 0.15) is 5.75 Å². The summed E-state index contributed by atoms with van der Waals surface area (Å²) in [5.41, 5.74) is 4.48. The van der Waals surface area contributed by atoms with E-state index < -0.39 is 0 Å². The maximum Gasteiger partial charge on any atom is 0.246 e. The minimum atomic E-state index is 0.0411. The number of ether oxygens (including phenoxy) is 1. The van der Waals surface area contributed by atoms with E-state index in [0.717, 1.165) is 11.3 Å². The highest BCUT2D eigenvalue weighted by Gasteiger charge is 2.15. The van der Waals surface area contributed by atoms with Gasteiger partial charge in [-0.1, -0.05) is 35.5 Å². The molecule has 0 spiro atoms. The summed E-state index contributed by atoms with van der Waals surface area (Å²) < 4.78 is 10.5. The van der Waals surface area contributed by atoms with Crippen molar-refractivity contribution in [3.63, 3.8) is 0 Å². The average molecular weight is 379 g/mol. The summed E-state index contributed by atoms with van der Waals surface area (Å²) in [6.45, 7) is 4.45. The van der Waals surface area contributed by atoms with Crippen LogP contribution in [0.5, 0.6) is 5.75 Å². The van der Waals surface area contributed by atoms with Crippen molar-refractivity contribution in [3.05, 3.63) is 65.0 Å². The van der Waals surface area contributed by atoms with E-state index in [-0.39, 0.29) is 12.5 Å². The molecule has 6 nitrogen and oxygen atoms in total. The van der Waals surface area contributed by atoms with Crippen LogP contribution in [0.15, 0.2) is 47.0 Å². The maximum absolute atomic E-state index is 12.5. The van der Waals surface area contributed by atoms with Crippen LogP contribution in [-0.2, 0) is 17.8 Å². The van der Waals surface area contributed by atoms with Gasteiger partial charge in [-0.05, 0) is 49.1 Å². The first-order chi connectivity index (χ1) is 13.5. The second-order valence-electron chi connectivity index (χ2n) is 6.91. The van der Waals surface area contributed by atoms with E-state index in [2.05, 4.69) is 42.2 Å². The van der Waals surface area contributed by atoms with Crippen LogP contribution in [0.25, 0.3) is 11.4 Å². The van der Waals surface area contributed by atoms with Gasteiger partial charge < -0.3 is 14.2 Å². The van der Waals surface area contributed by atoms with Crippen LogP contribution in [0.4, 0.5) is 0 Å². The Morgan fingerprint density at radius 2 is 1.96 bits per heavy atom. The van der Waals surface area contributed by atoms with E-state index in [1.165, 1.54) is 16.7 Å². The molecule has 3 aromatic rings. The summed E-state index contributed by atoms with van der Waals surface area (Å²) in [6.07, 6.45) is 1.15. The van der Waals surface area contributed by atoms with Crippen LogP contribution in [0, 0.1) is 13.8 Å². The number of amides is 1. The van der Waals surface area contributed by atoms with Gasteiger partial charge in [0.2, 0.25) is 17.6 Å². The Balaban J connectivity index is 1.58. The highest BCUT2D eigenvalue weighted by molar-refractivity contribution is 5.76. The molecule has 0 saturated heterocycles. The van der Waals surface area contributed by atoms with Gasteiger partial charge in [-0.15, -0.1) is 0 Å². The van der Waals surface area contributed by atoms with Gasteiger partial charge in [-0.2, -0.15) is 4.98 Å². The molecule has 1 amide bonds. The zero-order valence-electron chi connectivity index (χ0n) is 16.7. The van der Waals surface area contributed by atoms with Crippen molar-refractivity contribution in [2.24, 2.45) is 0 Å². The molecule has 0 N–H and O–H groups in total. The molecule has 1 aromatic heterocycles. The molecule has 0 aliphatic carbocycles. The second kappa shape index (κ2) is 8.69. The average Bonchev–Trinajstić information content (AvgIpc) is 3.17. The number of hydrogen-bond acceptors (Lipinski definition) is 5. The molecule has 1 heterocycles. The van der Waals surface area contributed by atoms with Crippen LogP contribution < -0.4 is 4.74 Å². The van der Waals surface area contributed by atoms with E-state index in [1.54, 1.807) is 19.1 Å². The molecule has 3 rings (SSSR count). The minimum absolute atomic E-state index is 0.0411. The standard InChI is InChI=1S/C22H25N3O3/c1-15-8-9-17(12-16(15)2)10-11-21(26)25(3)14-20-23-22(24-28-20)18-6-5-7-19(13-18)27-4/h5-9,12-13H,10-11,14H2,1-4H3. The van der Waals surface area contributed by atoms with Gasteiger partial charge in [-0.3, -0.25) is 4.79 Å². The molecule has 0 aliphatic rings. The first kappa shape index (κ1) is 19.6. The first-order valence-electron chi connectivity index (χ1n) is 9.23. The minimum Gasteiger partial charge on any atom is -0.497 e. The van der Waals surface area contributed by atoms with Crippen LogP contribution in [0.2, 0.25) is 0 Å². The lowest BCUT2D eigenvalue weighted by atomic mass is 10.0. The van der Waals surface area contributed by atoms with E-state index in [1.807, 2.05) is 24.3 Å². The summed E-state index contributed by atoms with van der Waals surface area (Å²) in [5.74, 6) is 1.64. The molecule has 0 saturated carbocycles. The number of nitrogens with zero attached hydrogens (tertiary/aromatic N) is 3. The highest BCUT2D eigenvalue weighted by atomic mass is 16.5. The molecular weight excluding hydrogens is 354 g/mol. The molecule has 146 valence electrons. The highest BCUT2D eigenvalue weighted by Crippen LogP contribution is 2.21. The van der Waals surface area contributed by atoms with Crippen LogP contribution in [0.3, 0.4) is 0 Å². The third-order valence-corrected chi connectivity index (χ3v) is 4.79. The van der Waals surface area contributed by atoms with Crippen LogP contribution >= 0.6 is 0 Å². The van der Waals surface area contributed by atoms with Gasteiger partial charge in [0.15, 0.2) is 0 Å². The molecule has 0 bridgehead atoms. The van der Waals surface area contributed by atoms with Crippen LogP contribution in [-0.4, -0.2) is 35.1 Å². The predicted molar refractivity (Wildman–Crippen MR) is 107 cm³/mol. The molecule has 28 heavy (non-hydrogen) atoms. The molecule has 0 aliphatic heterocycles. The monoisotopic (exact) mass is 379 g/mol. The number of carbonyl (C=O) groups excluding carboxylic acids is 1. The number of carbonyl (C=O) groups is 1. The predicted octanol–water partition coefficient (Wildman–Crippen LogP) is 3.95. The smallest absolute Gasteiger partial charge is 0.246 e. The molecule has 0 fully saturated rings.